The topological polar surface area (TPSA) is 29.9 Å². The third-order valence-electron chi connectivity index (χ3n) is 3.83. The highest BCUT2D eigenvalue weighted by Gasteiger charge is 2.18. The van der Waals surface area contributed by atoms with E-state index < -0.39 is 0 Å². The highest BCUT2D eigenvalue weighted by Crippen LogP contribution is 2.34. The van der Waals surface area contributed by atoms with Crippen LogP contribution in [0.1, 0.15) is 38.1 Å². The van der Waals surface area contributed by atoms with Crippen LogP contribution in [0.5, 0.6) is 0 Å². The number of nitrogens with zero attached hydrogens (tertiary/aromatic N) is 2. The van der Waals surface area contributed by atoms with Crippen LogP contribution in [0, 0.1) is 0 Å². The van der Waals surface area contributed by atoms with Crippen LogP contribution in [0.15, 0.2) is 30.6 Å². The molecule has 1 heterocycles. The number of benzene rings is 1. The number of halogens is 2. The Bertz CT molecular complexity index is 589. The molecule has 2 aromatic rings. The lowest BCUT2D eigenvalue weighted by Gasteiger charge is -2.25. The fourth-order valence-electron chi connectivity index (χ4n) is 2.78. The Morgan fingerprint density at radius 1 is 1.15 bits per heavy atom. The third kappa shape index (κ3) is 2.79. The van der Waals surface area contributed by atoms with Gasteiger partial charge in [0.05, 0.1) is 15.7 Å². The standard InChI is InChI=1S/C15H17Cl2N3/c16-12-7-4-8-13(14(12)17)19-15-18-9-10-20(15)11-5-2-1-3-6-11/h4,7-11H,1-3,5-6H2,(H,18,19). The lowest BCUT2D eigenvalue weighted by molar-refractivity contribution is 0.356. The lowest BCUT2D eigenvalue weighted by atomic mass is 9.95. The Balaban J connectivity index is 1.84. The van der Waals surface area contributed by atoms with E-state index in [4.69, 9.17) is 23.2 Å². The number of hydrogen-bond acceptors (Lipinski definition) is 2. The van der Waals surface area contributed by atoms with Crippen LogP contribution in [0.2, 0.25) is 10.0 Å². The number of hydrogen-bond donors (Lipinski definition) is 1. The summed E-state index contributed by atoms with van der Waals surface area (Å²) in [5, 5.41) is 4.38. The van der Waals surface area contributed by atoms with Crippen molar-refractivity contribution in [2.24, 2.45) is 0 Å². The van der Waals surface area contributed by atoms with Crippen molar-refractivity contribution in [3.05, 3.63) is 40.6 Å². The molecular formula is C15H17Cl2N3. The van der Waals surface area contributed by atoms with E-state index >= 15 is 0 Å². The second-order valence-corrected chi connectivity index (χ2v) is 5.96. The van der Waals surface area contributed by atoms with Crippen LogP contribution in [-0.2, 0) is 0 Å². The molecule has 1 aromatic heterocycles. The van der Waals surface area contributed by atoms with E-state index in [-0.39, 0.29) is 0 Å². The van der Waals surface area contributed by atoms with Crippen LogP contribution < -0.4 is 5.32 Å². The SMILES string of the molecule is Clc1cccc(Nc2nccn2C2CCCCC2)c1Cl. The van der Waals surface area contributed by atoms with Gasteiger partial charge >= 0.3 is 0 Å². The zero-order chi connectivity index (χ0) is 13.9. The normalized spacial score (nSPS) is 16.3. The molecule has 0 atom stereocenters. The molecule has 106 valence electrons. The van der Waals surface area contributed by atoms with Gasteiger partial charge in [-0.25, -0.2) is 4.98 Å². The van der Waals surface area contributed by atoms with Crippen molar-refractivity contribution in [2.45, 2.75) is 38.1 Å². The van der Waals surface area contributed by atoms with Gasteiger partial charge in [0, 0.05) is 18.4 Å². The first-order valence-electron chi connectivity index (χ1n) is 6.99. The van der Waals surface area contributed by atoms with Gasteiger partial charge in [0.25, 0.3) is 0 Å². The van der Waals surface area contributed by atoms with Gasteiger partial charge < -0.3 is 9.88 Å². The molecule has 1 aromatic carbocycles. The molecule has 20 heavy (non-hydrogen) atoms. The minimum absolute atomic E-state index is 0.534. The van der Waals surface area contributed by atoms with Crippen molar-refractivity contribution >= 4 is 34.8 Å². The first kappa shape index (κ1) is 13.8. The zero-order valence-electron chi connectivity index (χ0n) is 11.1. The molecule has 3 rings (SSSR count). The molecule has 0 aliphatic heterocycles. The van der Waals surface area contributed by atoms with E-state index in [1.165, 1.54) is 32.1 Å². The number of rotatable bonds is 3. The number of aromatic nitrogens is 2. The minimum Gasteiger partial charge on any atom is -0.324 e. The summed E-state index contributed by atoms with van der Waals surface area (Å²) in [6, 6.07) is 6.10. The second-order valence-electron chi connectivity index (χ2n) is 5.18. The van der Waals surface area contributed by atoms with Crippen LogP contribution in [0.25, 0.3) is 0 Å². The van der Waals surface area contributed by atoms with Crippen molar-refractivity contribution in [1.82, 2.24) is 9.55 Å². The van der Waals surface area contributed by atoms with E-state index in [9.17, 15) is 0 Å². The molecule has 3 nitrogen and oxygen atoms in total. The Hall–Kier alpha value is -1.19. The minimum atomic E-state index is 0.534. The highest BCUT2D eigenvalue weighted by atomic mass is 35.5. The molecule has 1 saturated carbocycles. The summed E-state index contributed by atoms with van der Waals surface area (Å²) >= 11 is 12.3. The fraction of sp³-hybridized carbons (Fsp3) is 0.400. The predicted molar refractivity (Wildman–Crippen MR) is 84.1 cm³/mol. The Morgan fingerprint density at radius 2 is 1.95 bits per heavy atom. The number of imidazole rings is 1. The highest BCUT2D eigenvalue weighted by molar-refractivity contribution is 6.43. The molecule has 1 N–H and O–H groups in total. The van der Waals surface area contributed by atoms with Crippen LogP contribution in [0.3, 0.4) is 0 Å². The molecule has 1 aliphatic carbocycles. The van der Waals surface area contributed by atoms with Gasteiger partial charge in [-0.15, -0.1) is 0 Å². The van der Waals surface area contributed by atoms with Gasteiger partial charge in [-0.3, -0.25) is 0 Å². The Morgan fingerprint density at radius 3 is 2.75 bits per heavy atom. The first-order valence-corrected chi connectivity index (χ1v) is 7.75. The van der Waals surface area contributed by atoms with Gasteiger partial charge in [-0.2, -0.15) is 0 Å². The fourth-order valence-corrected chi connectivity index (χ4v) is 3.13. The van der Waals surface area contributed by atoms with E-state index in [0.29, 0.717) is 16.1 Å². The molecule has 5 heteroatoms. The van der Waals surface area contributed by atoms with Crippen molar-refractivity contribution in [1.29, 1.82) is 0 Å². The molecular weight excluding hydrogens is 293 g/mol. The van der Waals surface area contributed by atoms with Crippen LogP contribution >= 0.6 is 23.2 Å². The van der Waals surface area contributed by atoms with E-state index in [0.717, 1.165) is 11.6 Å². The zero-order valence-corrected chi connectivity index (χ0v) is 12.7. The summed E-state index contributed by atoms with van der Waals surface area (Å²) in [5.74, 6) is 0.834. The van der Waals surface area contributed by atoms with E-state index in [1.54, 1.807) is 6.07 Å². The lowest BCUT2D eigenvalue weighted by Crippen LogP contribution is -2.14. The summed E-state index contributed by atoms with van der Waals surface area (Å²) < 4.78 is 2.22. The van der Waals surface area contributed by atoms with Gasteiger partial charge in [-0.1, -0.05) is 48.5 Å². The summed E-state index contributed by atoms with van der Waals surface area (Å²) in [4.78, 5) is 4.41. The molecule has 0 radical (unpaired) electrons. The summed E-state index contributed by atoms with van der Waals surface area (Å²) in [6.45, 7) is 0. The van der Waals surface area contributed by atoms with Gasteiger partial charge in [0.1, 0.15) is 0 Å². The first-order chi connectivity index (χ1) is 9.75. The number of nitrogens with one attached hydrogen (secondary N) is 1. The Kier molecular flexibility index (Phi) is 4.18. The maximum absolute atomic E-state index is 6.22. The molecule has 0 spiro atoms. The maximum atomic E-state index is 6.22. The molecule has 0 amide bonds. The Labute approximate surface area is 128 Å². The van der Waals surface area contributed by atoms with Crippen LogP contribution in [-0.4, -0.2) is 9.55 Å². The summed E-state index contributed by atoms with van der Waals surface area (Å²) in [5.41, 5.74) is 0.794. The van der Waals surface area contributed by atoms with Crippen molar-refractivity contribution < 1.29 is 0 Å². The largest absolute Gasteiger partial charge is 0.324 e. The van der Waals surface area contributed by atoms with Crippen molar-refractivity contribution in [3.63, 3.8) is 0 Å². The molecule has 1 aliphatic rings. The average molecular weight is 310 g/mol. The third-order valence-corrected chi connectivity index (χ3v) is 4.65. The quantitative estimate of drug-likeness (QED) is 0.818. The smallest absolute Gasteiger partial charge is 0.207 e. The molecule has 1 fully saturated rings. The monoisotopic (exact) mass is 309 g/mol. The predicted octanol–water partition coefficient (Wildman–Crippen LogP) is 5.44. The number of anilines is 2. The van der Waals surface area contributed by atoms with Crippen molar-refractivity contribution in [3.8, 4) is 0 Å². The maximum Gasteiger partial charge on any atom is 0.207 e. The summed E-state index contributed by atoms with van der Waals surface area (Å²) in [6.07, 6.45) is 10.2. The molecule has 0 saturated heterocycles. The molecule has 0 unspecified atom stereocenters. The summed E-state index contributed by atoms with van der Waals surface area (Å²) in [7, 11) is 0. The van der Waals surface area contributed by atoms with E-state index in [2.05, 4.69) is 14.9 Å². The van der Waals surface area contributed by atoms with Gasteiger partial charge in [0.2, 0.25) is 5.95 Å². The second kappa shape index (κ2) is 6.06. The van der Waals surface area contributed by atoms with E-state index in [1.807, 2.05) is 24.5 Å². The van der Waals surface area contributed by atoms with Crippen molar-refractivity contribution in [2.75, 3.05) is 5.32 Å². The van der Waals surface area contributed by atoms with Gasteiger partial charge in [0.15, 0.2) is 0 Å². The van der Waals surface area contributed by atoms with Gasteiger partial charge in [-0.05, 0) is 25.0 Å². The average Bonchev–Trinajstić information content (AvgIpc) is 2.93. The molecule has 0 bridgehead atoms. The van der Waals surface area contributed by atoms with Crippen LogP contribution in [0.4, 0.5) is 11.6 Å².